The van der Waals surface area contributed by atoms with Gasteiger partial charge in [0, 0.05) is 44.7 Å². The molecular weight excluding hydrogens is 390 g/mol. The van der Waals surface area contributed by atoms with Crippen molar-refractivity contribution in [3.63, 3.8) is 0 Å². The van der Waals surface area contributed by atoms with Gasteiger partial charge < -0.3 is 15.1 Å². The number of fused-ring (bicyclic) bond motifs is 1. The molecule has 2 aromatic rings. The van der Waals surface area contributed by atoms with Crippen LogP contribution in [0.4, 0.5) is 10.5 Å². The first-order chi connectivity index (χ1) is 13.9. The molecule has 1 N–H and O–H groups in total. The van der Waals surface area contributed by atoms with Gasteiger partial charge in [-0.2, -0.15) is 9.78 Å². The fourth-order valence-electron chi connectivity index (χ4n) is 4.41. The van der Waals surface area contributed by atoms with Crippen LogP contribution in [0.25, 0.3) is 0 Å². The van der Waals surface area contributed by atoms with Gasteiger partial charge in [0.25, 0.3) is 0 Å². The van der Waals surface area contributed by atoms with Gasteiger partial charge in [0.2, 0.25) is 5.91 Å². The Balaban J connectivity index is 1.29. The predicted molar refractivity (Wildman–Crippen MR) is 112 cm³/mol. The fraction of sp³-hybridized carbons (Fsp3) is 0.476. The molecule has 0 bridgehead atoms. The third-order valence-corrected chi connectivity index (χ3v) is 6.41. The number of aromatic nitrogens is 2. The van der Waals surface area contributed by atoms with Crippen LogP contribution in [0, 0.1) is 11.8 Å². The molecule has 4 rings (SSSR count). The Bertz CT molecular complexity index is 883. The van der Waals surface area contributed by atoms with Gasteiger partial charge in [-0.3, -0.25) is 4.79 Å². The third kappa shape index (κ3) is 4.31. The lowest BCUT2D eigenvalue weighted by Gasteiger charge is -2.19. The normalized spacial score (nSPS) is 23.3. The summed E-state index contributed by atoms with van der Waals surface area (Å²) in [5.74, 6) is 0.957. The van der Waals surface area contributed by atoms with Crippen LogP contribution < -0.4 is 10.2 Å². The number of nitrogens with one attached hydrogen (secondary N) is 1. The Labute approximate surface area is 175 Å². The Morgan fingerprint density at radius 2 is 1.86 bits per heavy atom. The van der Waals surface area contributed by atoms with Crippen LogP contribution in [0.5, 0.6) is 0 Å². The second-order valence-electron chi connectivity index (χ2n) is 8.10. The van der Waals surface area contributed by atoms with E-state index in [2.05, 4.69) is 10.4 Å². The topological polar surface area (TPSA) is 70.5 Å². The minimum atomic E-state index is -0.117. The first kappa shape index (κ1) is 19.9. The van der Waals surface area contributed by atoms with E-state index in [0.29, 0.717) is 23.6 Å². The number of carbonyl (C=O) groups is 2. The van der Waals surface area contributed by atoms with Crippen LogP contribution in [0.3, 0.4) is 0 Å². The first-order valence-electron chi connectivity index (χ1n) is 9.97. The van der Waals surface area contributed by atoms with E-state index in [9.17, 15) is 9.59 Å². The number of hydrogen-bond acceptors (Lipinski definition) is 4. The molecule has 29 heavy (non-hydrogen) atoms. The maximum atomic E-state index is 12.8. The summed E-state index contributed by atoms with van der Waals surface area (Å²) >= 11 is 5.94. The second kappa shape index (κ2) is 8.16. The summed E-state index contributed by atoms with van der Waals surface area (Å²) in [6.07, 6.45) is 5.33. The number of amides is 2. The number of likely N-dealkylation sites (tertiary alicyclic amines) is 1. The smallest absolute Gasteiger partial charge is 0.322 e. The summed E-state index contributed by atoms with van der Waals surface area (Å²) in [6.45, 7) is 3.85. The van der Waals surface area contributed by atoms with E-state index in [-0.39, 0.29) is 11.9 Å². The van der Waals surface area contributed by atoms with E-state index in [1.54, 1.807) is 19.4 Å². The van der Waals surface area contributed by atoms with Crippen LogP contribution in [0.15, 0.2) is 36.7 Å². The zero-order chi connectivity index (χ0) is 20.5. The van der Waals surface area contributed by atoms with Gasteiger partial charge in [-0.05, 0) is 42.4 Å². The fourth-order valence-corrected chi connectivity index (χ4v) is 4.53. The number of carbonyl (C=O) groups excluding carboxylic acids is 2. The Kier molecular flexibility index (Phi) is 5.61. The molecule has 2 heterocycles. The molecule has 8 heteroatoms. The van der Waals surface area contributed by atoms with Crippen molar-refractivity contribution in [2.24, 2.45) is 11.8 Å². The number of halogens is 1. The third-order valence-electron chi connectivity index (χ3n) is 6.15. The predicted octanol–water partition coefficient (Wildman–Crippen LogP) is 2.99. The summed E-state index contributed by atoms with van der Waals surface area (Å²) in [5.41, 5.74) is 1.85. The molecule has 2 amide bonds. The molecular formula is C21H26ClN5O2. The number of anilines is 1. The van der Waals surface area contributed by atoms with E-state index in [1.807, 2.05) is 29.2 Å². The van der Waals surface area contributed by atoms with Crippen LogP contribution in [-0.2, 0) is 11.3 Å². The maximum Gasteiger partial charge on any atom is 0.344 e. The summed E-state index contributed by atoms with van der Waals surface area (Å²) in [7, 11) is 1.67. The Morgan fingerprint density at radius 3 is 2.48 bits per heavy atom. The highest BCUT2D eigenvalue weighted by Gasteiger charge is 2.42. The van der Waals surface area contributed by atoms with Gasteiger partial charge in [-0.25, -0.2) is 4.79 Å². The quantitative estimate of drug-likeness (QED) is 0.833. The standard InChI is InChI=1S/C21H26ClN5O2/c1-14(28)25(2)20-10-24-27(13-20)21(29)26-11-16-7-19(8-17(16)12-26)23-9-15-3-5-18(22)6-4-15/h3-6,10,13,16-17,19,23H,7-9,11-12H2,1-2H3/t16-,17+,19+. The van der Waals surface area contributed by atoms with Crippen LogP contribution in [-0.4, -0.2) is 52.8 Å². The lowest BCUT2D eigenvalue weighted by Crippen LogP contribution is -2.35. The van der Waals surface area contributed by atoms with Crippen molar-refractivity contribution in [2.45, 2.75) is 32.4 Å². The SMILES string of the molecule is CC(=O)N(C)c1cnn(C(=O)N2C[C@H]3C[C@H](NCc4ccc(Cl)cc4)C[C@H]3C2)c1. The molecule has 1 saturated carbocycles. The molecule has 1 aliphatic heterocycles. The zero-order valence-corrected chi connectivity index (χ0v) is 17.5. The summed E-state index contributed by atoms with van der Waals surface area (Å²) in [6, 6.07) is 8.30. The van der Waals surface area contributed by atoms with Crippen molar-refractivity contribution in [1.82, 2.24) is 20.0 Å². The van der Waals surface area contributed by atoms with Crippen molar-refractivity contribution in [3.05, 3.63) is 47.2 Å². The first-order valence-corrected chi connectivity index (χ1v) is 10.3. The van der Waals surface area contributed by atoms with Crippen molar-refractivity contribution >= 4 is 29.2 Å². The lowest BCUT2D eigenvalue weighted by atomic mass is 10.0. The molecule has 1 saturated heterocycles. The minimum absolute atomic E-state index is 0.0927. The van der Waals surface area contributed by atoms with Gasteiger partial charge in [0.1, 0.15) is 0 Å². The van der Waals surface area contributed by atoms with Crippen molar-refractivity contribution in [1.29, 1.82) is 0 Å². The molecule has 1 aromatic heterocycles. The van der Waals surface area contributed by atoms with Crippen molar-refractivity contribution in [2.75, 3.05) is 25.0 Å². The molecule has 0 unspecified atom stereocenters. The highest BCUT2D eigenvalue weighted by Crippen LogP contribution is 2.38. The monoisotopic (exact) mass is 415 g/mol. The molecule has 2 fully saturated rings. The van der Waals surface area contributed by atoms with E-state index >= 15 is 0 Å². The molecule has 3 atom stereocenters. The number of nitrogens with zero attached hydrogens (tertiary/aromatic N) is 4. The van der Waals surface area contributed by atoms with Gasteiger partial charge in [-0.1, -0.05) is 23.7 Å². The van der Waals surface area contributed by atoms with Crippen LogP contribution in [0.2, 0.25) is 5.02 Å². The van der Waals surface area contributed by atoms with Crippen LogP contribution in [0.1, 0.15) is 25.3 Å². The molecule has 0 spiro atoms. The van der Waals surface area contributed by atoms with E-state index in [4.69, 9.17) is 11.6 Å². The molecule has 1 aromatic carbocycles. The van der Waals surface area contributed by atoms with E-state index in [0.717, 1.165) is 37.5 Å². The largest absolute Gasteiger partial charge is 0.344 e. The number of rotatable bonds is 4. The number of benzene rings is 1. The molecule has 1 aliphatic carbocycles. The lowest BCUT2D eigenvalue weighted by molar-refractivity contribution is -0.116. The molecule has 0 radical (unpaired) electrons. The molecule has 7 nitrogen and oxygen atoms in total. The second-order valence-corrected chi connectivity index (χ2v) is 8.54. The summed E-state index contributed by atoms with van der Waals surface area (Å²) < 4.78 is 1.34. The van der Waals surface area contributed by atoms with Gasteiger partial charge in [0.15, 0.2) is 0 Å². The highest BCUT2D eigenvalue weighted by atomic mass is 35.5. The number of hydrogen-bond donors (Lipinski definition) is 1. The van der Waals surface area contributed by atoms with Gasteiger partial charge in [0.05, 0.1) is 18.1 Å². The Hall–Kier alpha value is -2.38. The van der Waals surface area contributed by atoms with Gasteiger partial charge >= 0.3 is 6.03 Å². The van der Waals surface area contributed by atoms with E-state index in [1.165, 1.54) is 22.1 Å². The Morgan fingerprint density at radius 1 is 1.21 bits per heavy atom. The van der Waals surface area contributed by atoms with Gasteiger partial charge in [-0.15, -0.1) is 0 Å². The summed E-state index contributed by atoms with van der Waals surface area (Å²) in [5, 5.41) is 8.55. The minimum Gasteiger partial charge on any atom is -0.322 e. The molecule has 154 valence electrons. The van der Waals surface area contributed by atoms with Crippen molar-refractivity contribution < 1.29 is 9.59 Å². The van der Waals surface area contributed by atoms with Crippen LogP contribution >= 0.6 is 11.6 Å². The molecule has 2 aliphatic rings. The summed E-state index contributed by atoms with van der Waals surface area (Å²) in [4.78, 5) is 27.6. The zero-order valence-electron chi connectivity index (χ0n) is 16.7. The maximum absolute atomic E-state index is 12.8. The average molecular weight is 416 g/mol. The van der Waals surface area contributed by atoms with Crippen molar-refractivity contribution in [3.8, 4) is 0 Å². The van der Waals surface area contributed by atoms with E-state index < -0.39 is 0 Å². The average Bonchev–Trinajstić information content (AvgIpc) is 3.41. The highest BCUT2D eigenvalue weighted by molar-refractivity contribution is 6.30.